The van der Waals surface area contributed by atoms with Crippen LogP contribution in [0.5, 0.6) is 0 Å². The van der Waals surface area contributed by atoms with E-state index in [4.69, 9.17) is 10.5 Å². The molecule has 0 spiro atoms. The van der Waals surface area contributed by atoms with Gasteiger partial charge in [-0.25, -0.2) is 0 Å². The molecule has 1 fully saturated rings. The zero-order valence-corrected chi connectivity index (χ0v) is 11.4. The quantitative estimate of drug-likeness (QED) is 0.814. The average molecular weight is 248 g/mol. The summed E-state index contributed by atoms with van der Waals surface area (Å²) in [7, 11) is 0. The molecule has 3 nitrogen and oxygen atoms in total. The van der Waals surface area contributed by atoms with Crippen LogP contribution in [0.25, 0.3) is 0 Å². The fourth-order valence-electron chi connectivity index (χ4n) is 2.35. The molecule has 1 aliphatic rings. The third kappa shape index (κ3) is 4.00. The van der Waals surface area contributed by atoms with Crippen molar-refractivity contribution in [1.82, 2.24) is 4.90 Å². The molecule has 0 saturated carbocycles. The molecule has 0 radical (unpaired) electrons. The van der Waals surface area contributed by atoms with Crippen LogP contribution in [0.1, 0.15) is 25.8 Å². The van der Waals surface area contributed by atoms with E-state index in [1.54, 1.807) is 0 Å². The highest BCUT2D eigenvalue weighted by Gasteiger charge is 2.23. The number of hydrogen-bond acceptors (Lipinski definition) is 3. The van der Waals surface area contributed by atoms with Gasteiger partial charge in [0.2, 0.25) is 0 Å². The Labute approximate surface area is 110 Å². The fourth-order valence-corrected chi connectivity index (χ4v) is 2.35. The standard InChI is InChI=1S/C15H24N2O/c1-12(2)11-18-15-6-7-17(10-15)9-13-4-3-5-14(16)8-13/h3-5,8,12,15H,6-7,9-11,16H2,1-2H3. The van der Waals surface area contributed by atoms with Gasteiger partial charge in [-0.05, 0) is 30.0 Å². The van der Waals surface area contributed by atoms with Crippen molar-refractivity contribution < 1.29 is 4.74 Å². The molecule has 1 aromatic rings. The van der Waals surface area contributed by atoms with Gasteiger partial charge in [-0.15, -0.1) is 0 Å². The Hall–Kier alpha value is -1.06. The summed E-state index contributed by atoms with van der Waals surface area (Å²) in [6.07, 6.45) is 1.56. The first-order valence-electron chi connectivity index (χ1n) is 6.82. The van der Waals surface area contributed by atoms with Crippen molar-refractivity contribution in [2.24, 2.45) is 5.92 Å². The van der Waals surface area contributed by atoms with Crippen LogP contribution in [-0.4, -0.2) is 30.7 Å². The lowest BCUT2D eigenvalue weighted by Crippen LogP contribution is -2.24. The number of benzene rings is 1. The van der Waals surface area contributed by atoms with Crippen molar-refractivity contribution in [3.63, 3.8) is 0 Å². The van der Waals surface area contributed by atoms with Crippen molar-refractivity contribution >= 4 is 5.69 Å². The topological polar surface area (TPSA) is 38.5 Å². The molecule has 1 atom stereocenters. The Morgan fingerprint density at radius 1 is 1.44 bits per heavy atom. The molecule has 0 aromatic heterocycles. The third-order valence-corrected chi connectivity index (χ3v) is 3.25. The van der Waals surface area contributed by atoms with Crippen molar-refractivity contribution in [3.05, 3.63) is 29.8 Å². The second-order valence-electron chi connectivity index (χ2n) is 5.62. The Morgan fingerprint density at radius 3 is 3.00 bits per heavy atom. The van der Waals surface area contributed by atoms with Gasteiger partial charge in [0.25, 0.3) is 0 Å². The number of likely N-dealkylation sites (tertiary alicyclic amines) is 1. The minimum Gasteiger partial charge on any atom is -0.399 e. The molecule has 1 aromatic carbocycles. The predicted molar refractivity (Wildman–Crippen MR) is 75.3 cm³/mol. The molecule has 1 saturated heterocycles. The molecular weight excluding hydrogens is 224 g/mol. The highest BCUT2D eigenvalue weighted by Crippen LogP contribution is 2.17. The summed E-state index contributed by atoms with van der Waals surface area (Å²) in [5, 5.41) is 0. The van der Waals surface area contributed by atoms with Gasteiger partial charge < -0.3 is 10.5 Å². The summed E-state index contributed by atoms with van der Waals surface area (Å²) >= 11 is 0. The molecule has 1 aliphatic heterocycles. The lowest BCUT2D eigenvalue weighted by molar-refractivity contribution is 0.0412. The van der Waals surface area contributed by atoms with Crippen LogP contribution in [0.3, 0.4) is 0 Å². The monoisotopic (exact) mass is 248 g/mol. The number of rotatable bonds is 5. The van der Waals surface area contributed by atoms with Crippen LogP contribution in [0.4, 0.5) is 5.69 Å². The summed E-state index contributed by atoms with van der Waals surface area (Å²) in [6, 6.07) is 8.15. The van der Waals surface area contributed by atoms with E-state index in [0.29, 0.717) is 12.0 Å². The molecule has 100 valence electrons. The molecule has 0 bridgehead atoms. The molecule has 1 heterocycles. The van der Waals surface area contributed by atoms with Gasteiger partial charge in [0.1, 0.15) is 0 Å². The lowest BCUT2D eigenvalue weighted by Gasteiger charge is -2.17. The summed E-state index contributed by atoms with van der Waals surface area (Å²) in [6.45, 7) is 8.40. The van der Waals surface area contributed by atoms with Gasteiger partial charge in [0, 0.05) is 31.9 Å². The minimum absolute atomic E-state index is 0.411. The van der Waals surface area contributed by atoms with Crippen LogP contribution in [0.2, 0.25) is 0 Å². The molecule has 3 heteroatoms. The largest absolute Gasteiger partial charge is 0.399 e. The second-order valence-corrected chi connectivity index (χ2v) is 5.62. The first-order valence-corrected chi connectivity index (χ1v) is 6.82. The number of anilines is 1. The third-order valence-electron chi connectivity index (χ3n) is 3.25. The highest BCUT2D eigenvalue weighted by atomic mass is 16.5. The SMILES string of the molecule is CC(C)COC1CCN(Cc2cccc(N)c2)C1. The number of nitrogens with two attached hydrogens (primary N) is 1. The van der Waals surface area contributed by atoms with E-state index >= 15 is 0 Å². The van der Waals surface area contributed by atoms with E-state index in [1.807, 2.05) is 12.1 Å². The molecule has 2 N–H and O–H groups in total. The van der Waals surface area contributed by atoms with Gasteiger partial charge in [0.15, 0.2) is 0 Å². The van der Waals surface area contributed by atoms with Crippen LogP contribution in [0.15, 0.2) is 24.3 Å². The van der Waals surface area contributed by atoms with Crippen molar-refractivity contribution in [1.29, 1.82) is 0 Å². The molecular formula is C15H24N2O. The predicted octanol–water partition coefficient (Wildman–Crippen LogP) is 2.52. The van der Waals surface area contributed by atoms with Gasteiger partial charge in [-0.3, -0.25) is 4.90 Å². The Morgan fingerprint density at radius 2 is 2.28 bits per heavy atom. The average Bonchev–Trinajstić information content (AvgIpc) is 2.74. The van der Waals surface area contributed by atoms with Crippen LogP contribution in [0, 0.1) is 5.92 Å². The second kappa shape index (κ2) is 6.21. The zero-order chi connectivity index (χ0) is 13.0. The fraction of sp³-hybridized carbons (Fsp3) is 0.600. The van der Waals surface area contributed by atoms with Crippen LogP contribution in [-0.2, 0) is 11.3 Å². The maximum absolute atomic E-state index is 5.89. The zero-order valence-electron chi connectivity index (χ0n) is 11.4. The van der Waals surface area contributed by atoms with E-state index < -0.39 is 0 Å². The van der Waals surface area contributed by atoms with Crippen molar-refractivity contribution in [2.45, 2.75) is 32.9 Å². The van der Waals surface area contributed by atoms with E-state index in [0.717, 1.165) is 38.3 Å². The van der Waals surface area contributed by atoms with E-state index in [2.05, 4.69) is 30.9 Å². The van der Waals surface area contributed by atoms with Crippen LogP contribution >= 0.6 is 0 Å². The number of hydrogen-bond donors (Lipinski definition) is 1. The highest BCUT2D eigenvalue weighted by molar-refractivity contribution is 5.40. The maximum atomic E-state index is 5.89. The molecule has 0 aliphatic carbocycles. The van der Waals surface area contributed by atoms with E-state index in [-0.39, 0.29) is 0 Å². The first-order chi connectivity index (χ1) is 8.63. The summed E-state index contributed by atoms with van der Waals surface area (Å²) < 4.78 is 5.89. The molecule has 2 rings (SSSR count). The van der Waals surface area contributed by atoms with Gasteiger partial charge in [0.05, 0.1) is 6.10 Å². The summed E-state index contributed by atoms with van der Waals surface area (Å²) in [4.78, 5) is 2.44. The Kier molecular flexibility index (Phi) is 4.61. The van der Waals surface area contributed by atoms with Crippen LogP contribution < -0.4 is 5.73 Å². The smallest absolute Gasteiger partial charge is 0.0714 e. The summed E-state index contributed by atoms with van der Waals surface area (Å²) in [5.74, 6) is 0.618. The molecule has 1 unspecified atom stereocenters. The Bertz CT molecular complexity index is 379. The van der Waals surface area contributed by atoms with Gasteiger partial charge >= 0.3 is 0 Å². The normalized spacial score (nSPS) is 20.7. The maximum Gasteiger partial charge on any atom is 0.0714 e. The Balaban J connectivity index is 1.79. The minimum atomic E-state index is 0.411. The number of nitrogens with zero attached hydrogens (tertiary/aromatic N) is 1. The van der Waals surface area contributed by atoms with E-state index in [1.165, 1.54) is 5.56 Å². The van der Waals surface area contributed by atoms with E-state index in [9.17, 15) is 0 Å². The first kappa shape index (κ1) is 13.4. The molecule has 0 amide bonds. The number of ether oxygens (including phenoxy) is 1. The number of nitrogen functional groups attached to an aromatic ring is 1. The van der Waals surface area contributed by atoms with Crippen molar-refractivity contribution in [3.8, 4) is 0 Å². The van der Waals surface area contributed by atoms with Crippen molar-refractivity contribution in [2.75, 3.05) is 25.4 Å². The van der Waals surface area contributed by atoms with Gasteiger partial charge in [-0.2, -0.15) is 0 Å². The lowest BCUT2D eigenvalue weighted by atomic mass is 10.2. The molecule has 18 heavy (non-hydrogen) atoms. The summed E-state index contributed by atoms with van der Waals surface area (Å²) in [5.41, 5.74) is 7.94. The van der Waals surface area contributed by atoms with Gasteiger partial charge in [-0.1, -0.05) is 26.0 Å².